The maximum atomic E-state index is 10.3. The molecule has 0 aromatic rings. The molecule has 2 nitrogen and oxygen atoms in total. The minimum atomic E-state index is -0.669. The van der Waals surface area contributed by atoms with Crippen LogP contribution in [0.15, 0.2) is 24.8 Å². The minimum Gasteiger partial charge on any atom is -0.481 e. The van der Waals surface area contributed by atoms with Crippen molar-refractivity contribution >= 4 is 5.97 Å². The fourth-order valence-electron chi connectivity index (χ4n) is 2.21. The van der Waals surface area contributed by atoms with Crippen LogP contribution in [0.1, 0.15) is 83.5 Å². The van der Waals surface area contributed by atoms with Crippen LogP contribution in [0.2, 0.25) is 0 Å². The molecule has 0 saturated heterocycles. The third kappa shape index (κ3) is 16.9. The van der Waals surface area contributed by atoms with Gasteiger partial charge in [0.15, 0.2) is 0 Å². The highest BCUT2D eigenvalue weighted by atomic mass is 16.4. The number of unbranched alkanes of at least 4 members (excludes halogenated alkanes) is 10. The number of carboxylic acids is 1. The SMILES string of the molecule is C=CCCCCCC/C=C/CCCCCCCC(=O)O. The molecule has 0 fully saturated rings. The number of allylic oxidation sites excluding steroid dienone is 3. The smallest absolute Gasteiger partial charge is 0.303 e. The third-order valence-corrected chi connectivity index (χ3v) is 3.46. The topological polar surface area (TPSA) is 37.3 Å². The minimum absolute atomic E-state index is 0.326. The van der Waals surface area contributed by atoms with Crippen molar-refractivity contribution in [2.75, 3.05) is 0 Å². The lowest BCUT2D eigenvalue weighted by Gasteiger charge is -1.98. The van der Waals surface area contributed by atoms with E-state index in [-0.39, 0.29) is 0 Å². The van der Waals surface area contributed by atoms with Gasteiger partial charge in [0, 0.05) is 6.42 Å². The zero-order valence-corrected chi connectivity index (χ0v) is 13.0. The Morgan fingerprint density at radius 1 is 0.750 bits per heavy atom. The van der Waals surface area contributed by atoms with E-state index in [1.807, 2.05) is 6.08 Å². The second-order valence-corrected chi connectivity index (χ2v) is 5.45. The molecule has 20 heavy (non-hydrogen) atoms. The van der Waals surface area contributed by atoms with Crippen molar-refractivity contribution in [1.29, 1.82) is 0 Å². The first-order chi connectivity index (χ1) is 9.77. The lowest BCUT2D eigenvalue weighted by molar-refractivity contribution is -0.137. The molecule has 0 atom stereocenters. The van der Waals surface area contributed by atoms with E-state index in [0.29, 0.717) is 6.42 Å². The standard InChI is InChI=1S/C18H32O2/c1-2-3-4-5-6-7-8-9-10-11-12-13-14-15-16-17-18(19)20/h2,9-10H,1,3-8,11-17H2,(H,19,20)/b10-9+. The van der Waals surface area contributed by atoms with Crippen LogP contribution in [0.25, 0.3) is 0 Å². The molecule has 2 heteroatoms. The quantitative estimate of drug-likeness (QED) is 0.300. The number of hydrogen-bond donors (Lipinski definition) is 1. The molecule has 0 aromatic heterocycles. The Balaban J connectivity index is 3.08. The molecule has 0 aliphatic rings. The first-order valence-corrected chi connectivity index (χ1v) is 8.25. The molecule has 0 heterocycles. The summed E-state index contributed by atoms with van der Waals surface area (Å²) >= 11 is 0. The van der Waals surface area contributed by atoms with Gasteiger partial charge in [0.1, 0.15) is 0 Å². The molecule has 0 aliphatic carbocycles. The van der Waals surface area contributed by atoms with Gasteiger partial charge < -0.3 is 5.11 Å². The molecule has 0 aromatic carbocycles. The van der Waals surface area contributed by atoms with E-state index in [1.165, 1.54) is 57.8 Å². The summed E-state index contributed by atoms with van der Waals surface area (Å²) in [6.07, 6.45) is 21.3. The third-order valence-electron chi connectivity index (χ3n) is 3.46. The zero-order valence-electron chi connectivity index (χ0n) is 13.0. The largest absolute Gasteiger partial charge is 0.481 e. The van der Waals surface area contributed by atoms with Gasteiger partial charge in [-0.1, -0.05) is 50.3 Å². The lowest BCUT2D eigenvalue weighted by atomic mass is 10.1. The molecule has 0 bridgehead atoms. The summed E-state index contributed by atoms with van der Waals surface area (Å²) in [5.74, 6) is -0.669. The van der Waals surface area contributed by atoms with Crippen molar-refractivity contribution in [3.8, 4) is 0 Å². The van der Waals surface area contributed by atoms with Crippen LogP contribution in [-0.4, -0.2) is 11.1 Å². The molecular formula is C18H32O2. The van der Waals surface area contributed by atoms with Crippen LogP contribution in [0.4, 0.5) is 0 Å². The van der Waals surface area contributed by atoms with Gasteiger partial charge in [-0.3, -0.25) is 4.79 Å². The summed E-state index contributed by atoms with van der Waals surface area (Å²) in [5, 5.41) is 8.50. The summed E-state index contributed by atoms with van der Waals surface area (Å²) < 4.78 is 0. The van der Waals surface area contributed by atoms with E-state index in [1.54, 1.807) is 0 Å². The van der Waals surface area contributed by atoms with Crippen molar-refractivity contribution < 1.29 is 9.90 Å². The zero-order chi connectivity index (χ0) is 14.9. The summed E-state index contributed by atoms with van der Waals surface area (Å²) in [7, 11) is 0. The van der Waals surface area contributed by atoms with Crippen LogP contribution in [0.3, 0.4) is 0 Å². The molecule has 0 rings (SSSR count). The van der Waals surface area contributed by atoms with Crippen LogP contribution in [0, 0.1) is 0 Å². The van der Waals surface area contributed by atoms with Gasteiger partial charge in [0.05, 0.1) is 0 Å². The molecule has 0 spiro atoms. The van der Waals surface area contributed by atoms with Crippen molar-refractivity contribution in [1.82, 2.24) is 0 Å². The molecule has 0 unspecified atom stereocenters. The van der Waals surface area contributed by atoms with Crippen molar-refractivity contribution in [2.45, 2.75) is 83.5 Å². The monoisotopic (exact) mass is 280 g/mol. The Morgan fingerprint density at radius 2 is 1.20 bits per heavy atom. The Bertz CT molecular complexity index is 256. The van der Waals surface area contributed by atoms with Gasteiger partial charge in [-0.05, 0) is 44.9 Å². The van der Waals surface area contributed by atoms with Gasteiger partial charge in [-0.15, -0.1) is 6.58 Å². The van der Waals surface area contributed by atoms with E-state index in [2.05, 4.69) is 18.7 Å². The molecule has 0 aliphatic heterocycles. The van der Waals surface area contributed by atoms with Crippen LogP contribution in [-0.2, 0) is 4.79 Å². The summed E-state index contributed by atoms with van der Waals surface area (Å²) in [4.78, 5) is 10.3. The maximum absolute atomic E-state index is 10.3. The number of hydrogen-bond acceptors (Lipinski definition) is 1. The van der Waals surface area contributed by atoms with Crippen molar-refractivity contribution in [3.05, 3.63) is 24.8 Å². The molecular weight excluding hydrogens is 248 g/mol. The highest BCUT2D eigenvalue weighted by Gasteiger charge is 1.95. The summed E-state index contributed by atoms with van der Waals surface area (Å²) in [6, 6.07) is 0. The average molecular weight is 280 g/mol. The first-order valence-electron chi connectivity index (χ1n) is 8.25. The highest BCUT2D eigenvalue weighted by molar-refractivity contribution is 5.66. The molecule has 1 N–H and O–H groups in total. The van der Waals surface area contributed by atoms with Crippen molar-refractivity contribution in [3.63, 3.8) is 0 Å². The highest BCUT2D eigenvalue weighted by Crippen LogP contribution is 2.09. The Morgan fingerprint density at radius 3 is 1.70 bits per heavy atom. The molecule has 116 valence electrons. The van der Waals surface area contributed by atoms with Gasteiger partial charge in [-0.2, -0.15) is 0 Å². The second-order valence-electron chi connectivity index (χ2n) is 5.45. The fourth-order valence-corrected chi connectivity index (χ4v) is 2.21. The molecule has 0 radical (unpaired) electrons. The first kappa shape index (κ1) is 18.9. The van der Waals surface area contributed by atoms with Gasteiger partial charge in [-0.25, -0.2) is 0 Å². The number of carbonyl (C=O) groups is 1. The molecule has 0 saturated carbocycles. The number of rotatable bonds is 15. The average Bonchev–Trinajstić information content (AvgIpc) is 2.43. The van der Waals surface area contributed by atoms with Crippen LogP contribution >= 0.6 is 0 Å². The maximum Gasteiger partial charge on any atom is 0.303 e. The van der Waals surface area contributed by atoms with Gasteiger partial charge in [0.2, 0.25) is 0 Å². The van der Waals surface area contributed by atoms with Gasteiger partial charge in [0.25, 0.3) is 0 Å². The predicted octanol–water partition coefficient (Wildman–Crippen LogP) is 5.88. The van der Waals surface area contributed by atoms with E-state index in [0.717, 1.165) is 19.3 Å². The van der Waals surface area contributed by atoms with Crippen LogP contribution in [0.5, 0.6) is 0 Å². The van der Waals surface area contributed by atoms with Crippen molar-refractivity contribution in [2.24, 2.45) is 0 Å². The van der Waals surface area contributed by atoms with E-state index < -0.39 is 5.97 Å². The van der Waals surface area contributed by atoms with E-state index >= 15 is 0 Å². The normalized spacial score (nSPS) is 11.0. The Hall–Kier alpha value is -1.05. The number of carboxylic acid groups (broad SMARTS) is 1. The second kappa shape index (κ2) is 16.0. The lowest BCUT2D eigenvalue weighted by Crippen LogP contribution is -1.93. The molecule has 0 amide bonds. The predicted molar refractivity (Wildman–Crippen MR) is 87.0 cm³/mol. The van der Waals surface area contributed by atoms with E-state index in [4.69, 9.17) is 5.11 Å². The summed E-state index contributed by atoms with van der Waals surface area (Å²) in [6.45, 7) is 3.73. The number of aliphatic carboxylic acids is 1. The fraction of sp³-hybridized carbons (Fsp3) is 0.722. The Kier molecular flexibility index (Phi) is 15.2. The van der Waals surface area contributed by atoms with Crippen LogP contribution < -0.4 is 0 Å². The van der Waals surface area contributed by atoms with E-state index in [9.17, 15) is 4.79 Å². The van der Waals surface area contributed by atoms with Gasteiger partial charge >= 0.3 is 5.97 Å². The Labute approximate surface area is 125 Å². The summed E-state index contributed by atoms with van der Waals surface area (Å²) in [5.41, 5.74) is 0.